The monoisotopic (exact) mass is 297 g/mol. The summed E-state index contributed by atoms with van der Waals surface area (Å²) in [7, 11) is -2.48. The molecule has 0 saturated heterocycles. The standard InChI is InChI=1S/C14H19NO4S/c1-12(2)9-10-15(11-14(16)19-3)20(17,18)13-7-5-4-6-8-13/h4-9H,10-11H2,1-3H3. The Bertz CT molecular complexity index is 574. The molecule has 1 rings (SSSR count). The molecule has 0 heterocycles. The highest BCUT2D eigenvalue weighted by Gasteiger charge is 2.25. The number of hydrogen-bond donors (Lipinski definition) is 0. The Morgan fingerprint density at radius 2 is 1.85 bits per heavy atom. The van der Waals surface area contributed by atoms with Crippen molar-refractivity contribution in [2.24, 2.45) is 0 Å². The Balaban J connectivity index is 3.08. The number of hydrogen-bond acceptors (Lipinski definition) is 4. The molecule has 0 atom stereocenters. The molecule has 0 spiro atoms. The zero-order chi connectivity index (χ0) is 15.2. The molecule has 0 aliphatic rings. The maximum Gasteiger partial charge on any atom is 0.321 e. The minimum Gasteiger partial charge on any atom is -0.468 e. The predicted molar refractivity (Wildman–Crippen MR) is 76.6 cm³/mol. The fourth-order valence-corrected chi connectivity index (χ4v) is 2.83. The molecule has 0 bridgehead atoms. The van der Waals surface area contributed by atoms with Gasteiger partial charge in [0, 0.05) is 6.54 Å². The molecule has 0 unspecified atom stereocenters. The van der Waals surface area contributed by atoms with Crippen molar-refractivity contribution in [1.29, 1.82) is 0 Å². The second-order valence-corrected chi connectivity index (χ2v) is 6.41. The maximum atomic E-state index is 12.5. The first-order valence-electron chi connectivity index (χ1n) is 6.13. The summed E-state index contributed by atoms with van der Waals surface area (Å²) in [4.78, 5) is 11.6. The Kier molecular flexibility index (Phi) is 5.91. The Morgan fingerprint density at radius 1 is 1.25 bits per heavy atom. The first-order valence-corrected chi connectivity index (χ1v) is 7.57. The van der Waals surface area contributed by atoms with Gasteiger partial charge in [-0.3, -0.25) is 4.79 Å². The van der Waals surface area contributed by atoms with E-state index in [-0.39, 0.29) is 18.0 Å². The second-order valence-electron chi connectivity index (χ2n) is 4.47. The summed E-state index contributed by atoms with van der Waals surface area (Å²) in [5.74, 6) is -0.591. The fraction of sp³-hybridized carbons (Fsp3) is 0.357. The number of esters is 1. The van der Waals surface area contributed by atoms with E-state index in [1.165, 1.54) is 19.2 Å². The molecule has 0 aliphatic heterocycles. The van der Waals surface area contributed by atoms with Gasteiger partial charge in [0.2, 0.25) is 10.0 Å². The number of allylic oxidation sites excluding steroid dienone is 1. The lowest BCUT2D eigenvalue weighted by atomic mass is 10.3. The number of carbonyl (C=O) groups is 1. The van der Waals surface area contributed by atoms with E-state index in [0.717, 1.165) is 9.88 Å². The normalized spacial score (nSPS) is 11.2. The van der Waals surface area contributed by atoms with Gasteiger partial charge >= 0.3 is 5.97 Å². The van der Waals surface area contributed by atoms with Crippen LogP contribution in [0.15, 0.2) is 46.9 Å². The van der Waals surface area contributed by atoms with Crippen molar-refractivity contribution in [3.05, 3.63) is 42.0 Å². The molecule has 1 aromatic carbocycles. The van der Waals surface area contributed by atoms with E-state index in [0.29, 0.717) is 0 Å². The molecular formula is C14H19NO4S. The summed E-state index contributed by atoms with van der Waals surface area (Å²) in [6.45, 7) is 3.56. The number of rotatable bonds is 6. The minimum atomic E-state index is -3.71. The molecule has 5 nitrogen and oxygen atoms in total. The van der Waals surface area contributed by atoms with E-state index < -0.39 is 16.0 Å². The average Bonchev–Trinajstić information content (AvgIpc) is 2.43. The molecule has 0 aromatic heterocycles. The molecule has 20 heavy (non-hydrogen) atoms. The number of carbonyl (C=O) groups excluding carboxylic acids is 1. The van der Waals surface area contributed by atoms with Gasteiger partial charge in [-0.05, 0) is 26.0 Å². The van der Waals surface area contributed by atoms with Crippen LogP contribution in [-0.2, 0) is 19.6 Å². The predicted octanol–water partition coefficient (Wildman–Crippen LogP) is 1.82. The van der Waals surface area contributed by atoms with Gasteiger partial charge in [-0.2, -0.15) is 4.31 Å². The summed E-state index contributed by atoms with van der Waals surface area (Å²) >= 11 is 0. The molecule has 0 amide bonds. The van der Waals surface area contributed by atoms with Crippen molar-refractivity contribution in [1.82, 2.24) is 4.31 Å². The highest BCUT2D eigenvalue weighted by molar-refractivity contribution is 7.89. The summed E-state index contributed by atoms with van der Waals surface area (Å²) in [6.07, 6.45) is 1.75. The number of ether oxygens (including phenoxy) is 1. The Labute approximate surface area is 119 Å². The van der Waals surface area contributed by atoms with Crippen molar-refractivity contribution in [2.75, 3.05) is 20.2 Å². The van der Waals surface area contributed by atoms with E-state index in [1.54, 1.807) is 24.3 Å². The van der Waals surface area contributed by atoms with E-state index in [4.69, 9.17) is 0 Å². The first kappa shape index (κ1) is 16.4. The van der Waals surface area contributed by atoms with Crippen LogP contribution < -0.4 is 0 Å². The number of methoxy groups -OCH3 is 1. The van der Waals surface area contributed by atoms with Crippen molar-refractivity contribution in [3.63, 3.8) is 0 Å². The van der Waals surface area contributed by atoms with Crippen molar-refractivity contribution in [2.45, 2.75) is 18.7 Å². The van der Waals surface area contributed by atoms with Gasteiger partial charge in [0.25, 0.3) is 0 Å². The molecule has 110 valence electrons. The summed E-state index contributed by atoms with van der Waals surface area (Å²) < 4.78 is 30.6. The zero-order valence-corrected chi connectivity index (χ0v) is 12.7. The van der Waals surface area contributed by atoms with Crippen LogP contribution in [-0.4, -0.2) is 38.9 Å². The summed E-state index contributed by atoms with van der Waals surface area (Å²) in [5, 5.41) is 0. The van der Waals surface area contributed by atoms with Gasteiger partial charge in [-0.25, -0.2) is 8.42 Å². The largest absolute Gasteiger partial charge is 0.468 e. The van der Waals surface area contributed by atoms with E-state index in [9.17, 15) is 13.2 Å². The molecule has 0 fully saturated rings. The average molecular weight is 297 g/mol. The SMILES string of the molecule is COC(=O)CN(CC=C(C)C)S(=O)(=O)c1ccccc1. The molecule has 0 aliphatic carbocycles. The third-order valence-electron chi connectivity index (χ3n) is 2.62. The summed E-state index contributed by atoms with van der Waals surface area (Å²) in [6, 6.07) is 8.03. The van der Waals surface area contributed by atoms with Gasteiger partial charge in [-0.15, -0.1) is 0 Å². The maximum absolute atomic E-state index is 12.5. The van der Waals surface area contributed by atoms with Crippen LogP contribution in [0.25, 0.3) is 0 Å². The minimum absolute atomic E-state index is 0.134. The Hall–Kier alpha value is -1.66. The lowest BCUT2D eigenvalue weighted by Crippen LogP contribution is -2.36. The third kappa shape index (κ3) is 4.47. The van der Waals surface area contributed by atoms with Gasteiger partial charge in [0.1, 0.15) is 6.54 Å². The highest BCUT2D eigenvalue weighted by atomic mass is 32.2. The lowest BCUT2D eigenvalue weighted by Gasteiger charge is -2.19. The van der Waals surface area contributed by atoms with Gasteiger partial charge < -0.3 is 4.74 Å². The topological polar surface area (TPSA) is 63.7 Å². The Morgan fingerprint density at radius 3 is 2.35 bits per heavy atom. The third-order valence-corrected chi connectivity index (χ3v) is 4.44. The van der Waals surface area contributed by atoms with Crippen LogP contribution in [0, 0.1) is 0 Å². The highest BCUT2D eigenvalue weighted by Crippen LogP contribution is 2.15. The molecular weight excluding hydrogens is 278 g/mol. The zero-order valence-electron chi connectivity index (χ0n) is 11.9. The van der Waals surface area contributed by atoms with E-state index >= 15 is 0 Å². The van der Waals surface area contributed by atoms with Crippen LogP contribution in [0.1, 0.15) is 13.8 Å². The quantitative estimate of drug-likeness (QED) is 0.593. The molecule has 0 radical (unpaired) electrons. The van der Waals surface area contributed by atoms with Crippen LogP contribution in [0.4, 0.5) is 0 Å². The molecule has 6 heteroatoms. The van der Waals surface area contributed by atoms with Gasteiger partial charge in [0.15, 0.2) is 0 Å². The number of benzene rings is 1. The van der Waals surface area contributed by atoms with Crippen LogP contribution >= 0.6 is 0 Å². The van der Waals surface area contributed by atoms with Crippen molar-refractivity contribution >= 4 is 16.0 Å². The number of sulfonamides is 1. The molecule has 0 saturated carbocycles. The molecule has 0 N–H and O–H groups in total. The van der Waals surface area contributed by atoms with Crippen LogP contribution in [0.5, 0.6) is 0 Å². The fourth-order valence-electron chi connectivity index (χ4n) is 1.48. The smallest absolute Gasteiger partial charge is 0.321 e. The summed E-state index contributed by atoms with van der Waals surface area (Å²) in [5.41, 5.74) is 0.975. The van der Waals surface area contributed by atoms with Crippen LogP contribution in [0.2, 0.25) is 0 Å². The van der Waals surface area contributed by atoms with E-state index in [2.05, 4.69) is 4.74 Å². The first-order chi connectivity index (χ1) is 9.37. The number of nitrogens with zero attached hydrogens (tertiary/aromatic N) is 1. The molecule has 1 aromatic rings. The van der Waals surface area contributed by atoms with E-state index in [1.807, 2.05) is 13.8 Å². The lowest BCUT2D eigenvalue weighted by molar-refractivity contribution is -0.140. The van der Waals surface area contributed by atoms with Gasteiger partial charge in [-0.1, -0.05) is 29.8 Å². The van der Waals surface area contributed by atoms with Crippen LogP contribution in [0.3, 0.4) is 0 Å². The second kappa shape index (κ2) is 7.21. The van der Waals surface area contributed by atoms with Crippen molar-refractivity contribution in [3.8, 4) is 0 Å². The van der Waals surface area contributed by atoms with Gasteiger partial charge in [0.05, 0.1) is 12.0 Å². The van der Waals surface area contributed by atoms with Crippen molar-refractivity contribution < 1.29 is 17.9 Å².